The zero-order valence-corrected chi connectivity index (χ0v) is 15.0. The minimum absolute atomic E-state index is 0.671. The number of hydrogen-bond donors (Lipinski definition) is 2. The highest BCUT2D eigenvalue weighted by molar-refractivity contribution is 5.79. The number of methoxy groups -OCH3 is 2. The summed E-state index contributed by atoms with van der Waals surface area (Å²) in [6.07, 6.45) is 5.66. The standard InChI is InChI=1S/C19H29N3O2/c1-20-19(22-12-17(13-4-5-13)14-6-7-14)21-11-15-8-9-16(23-2)10-18(15)24-3/h8-10,13-14,17H,4-7,11-12H2,1-3H3,(H2,20,21,22). The zero-order chi connectivity index (χ0) is 16.9. The van der Waals surface area contributed by atoms with Crippen molar-refractivity contribution in [1.82, 2.24) is 10.6 Å². The predicted molar refractivity (Wildman–Crippen MR) is 96.7 cm³/mol. The van der Waals surface area contributed by atoms with E-state index in [0.717, 1.165) is 47.3 Å². The molecule has 0 radical (unpaired) electrons. The molecule has 0 saturated heterocycles. The van der Waals surface area contributed by atoms with Gasteiger partial charge in [-0.15, -0.1) is 0 Å². The lowest BCUT2D eigenvalue weighted by Crippen LogP contribution is -2.40. The van der Waals surface area contributed by atoms with Crippen LogP contribution < -0.4 is 20.1 Å². The summed E-state index contributed by atoms with van der Waals surface area (Å²) < 4.78 is 10.7. The van der Waals surface area contributed by atoms with Gasteiger partial charge in [0.1, 0.15) is 11.5 Å². The molecule has 2 aliphatic carbocycles. The molecule has 0 aromatic heterocycles. The third-order valence-corrected chi connectivity index (χ3v) is 5.12. The van der Waals surface area contributed by atoms with Gasteiger partial charge >= 0.3 is 0 Å². The minimum atomic E-state index is 0.671. The van der Waals surface area contributed by atoms with Crippen LogP contribution in [0.5, 0.6) is 11.5 Å². The summed E-state index contributed by atoms with van der Waals surface area (Å²) in [7, 11) is 5.17. The number of aliphatic imine (C=N–C) groups is 1. The highest BCUT2D eigenvalue weighted by Gasteiger charge is 2.41. The van der Waals surface area contributed by atoms with Gasteiger partial charge in [0.15, 0.2) is 5.96 Å². The Morgan fingerprint density at radius 3 is 2.38 bits per heavy atom. The molecule has 24 heavy (non-hydrogen) atoms. The zero-order valence-electron chi connectivity index (χ0n) is 15.0. The lowest BCUT2D eigenvalue weighted by Gasteiger charge is -2.19. The van der Waals surface area contributed by atoms with Crippen molar-refractivity contribution in [2.24, 2.45) is 22.7 Å². The van der Waals surface area contributed by atoms with Crippen LogP contribution in [-0.4, -0.2) is 33.8 Å². The Kier molecular flexibility index (Phi) is 5.48. The van der Waals surface area contributed by atoms with E-state index in [1.807, 2.05) is 25.2 Å². The summed E-state index contributed by atoms with van der Waals surface area (Å²) in [5.74, 6) is 5.22. The van der Waals surface area contributed by atoms with Crippen LogP contribution in [0.4, 0.5) is 0 Å². The van der Waals surface area contributed by atoms with E-state index in [1.165, 1.54) is 25.7 Å². The van der Waals surface area contributed by atoms with Crippen molar-refractivity contribution in [3.8, 4) is 11.5 Å². The molecule has 0 spiro atoms. The van der Waals surface area contributed by atoms with Gasteiger partial charge in [0.2, 0.25) is 0 Å². The van der Waals surface area contributed by atoms with Gasteiger partial charge in [-0.05, 0) is 55.6 Å². The monoisotopic (exact) mass is 331 g/mol. The van der Waals surface area contributed by atoms with E-state index in [4.69, 9.17) is 9.47 Å². The van der Waals surface area contributed by atoms with Crippen LogP contribution in [0.2, 0.25) is 0 Å². The molecular weight excluding hydrogens is 302 g/mol. The molecule has 2 fully saturated rings. The van der Waals surface area contributed by atoms with Crippen molar-refractivity contribution in [3.05, 3.63) is 23.8 Å². The van der Waals surface area contributed by atoms with Crippen LogP contribution in [0, 0.1) is 17.8 Å². The minimum Gasteiger partial charge on any atom is -0.497 e. The summed E-state index contributed by atoms with van der Waals surface area (Å²) in [4.78, 5) is 4.35. The first-order valence-electron chi connectivity index (χ1n) is 8.90. The van der Waals surface area contributed by atoms with Crippen LogP contribution in [0.25, 0.3) is 0 Å². The molecule has 0 atom stereocenters. The highest BCUT2D eigenvalue weighted by Crippen LogP contribution is 2.48. The third kappa shape index (κ3) is 4.34. The Morgan fingerprint density at radius 1 is 1.12 bits per heavy atom. The molecule has 1 aromatic carbocycles. The molecule has 0 bridgehead atoms. The SMILES string of the molecule is CN=C(NCc1ccc(OC)cc1OC)NCC(C1CC1)C1CC1. The van der Waals surface area contributed by atoms with Crippen molar-refractivity contribution in [2.75, 3.05) is 27.8 Å². The second-order valence-electron chi connectivity index (χ2n) is 6.82. The van der Waals surface area contributed by atoms with Gasteiger partial charge in [-0.1, -0.05) is 0 Å². The van der Waals surface area contributed by atoms with E-state index in [1.54, 1.807) is 14.2 Å². The van der Waals surface area contributed by atoms with Gasteiger partial charge < -0.3 is 20.1 Å². The molecule has 1 aromatic rings. The van der Waals surface area contributed by atoms with Crippen molar-refractivity contribution >= 4 is 5.96 Å². The summed E-state index contributed by atoms with van der Waals surface area (Å²) in [5, 5.41) is 6.91. The third-order valence-electron chi connectivity index (χ3n) is 5.12. The Morgan fingerprint density at radius 2 is 1.83 bits per heavy atom. The largest absolute Gasteiger partial charge is 0.497 e. The highest BCUT2D eigenvalue weighted by atomic mass is 16.5. The molecule has 5 nitrogen and oxygen atoms in total. The smallest absolute Gasteiger partial charge is 0.191 e. The van der Waals surface area contributed by atoms with Crippen molar-refractivity contribution in [2.45, 2.75) is 32.2 Å². The van der Waals surface area contributed by atoms with Gasteiger partial charge in [-0.25, -0.2) is 0 Å². The van der Waals surface area contributed by atoms with Gasteiger partial charge in [-0.2, -0.15) is 0 Å². The summed E-state index contributed by atoms with van der Waals surface area (Å²) in [6.45, 7) is 1.71. The molecule has 2 aliphatic rings. The van der Waals surface area contributed by atoms with Crippen LogP contribution in [0.3, 0.4) is 0 Å². The summed E-state index contributed by atoms with van der Waals surface area (Å²) >= 11 is 0. The van der Waals surface area contributed by atoms with Crippen LogP contribution in [0.1, 0.15) is 31.2 Å². The van der Waals surface area contributed by atoms with Crippen LogP contribution in [0.15, 0.2) is 23.2 Å². The first kappa shape index (κ1) is 16.9. The van der Waals surface area contributed by atoms with Gasteiger partial charge in [0, 0.05) is 31.8 Å². The molecule has 0 aliphatic heterocycles. The van der Waals surface area contributed by atoms with E-state index in [9.17, 15) is 0 Å². The molecule has 2 saturated carbocycles. The summed E-state index contributed by atoms with van der Waals surface area (Å²) in [6, 6.07) is 5.88. The maximum Gasteiger partial charge on any atom is 0.191 e. The second kappa shape index (κ2) is 7.77. The number of rotatable bonds is 8. The molecule has 132 valence electrons. The van der Waals surface area contributed by atoms with Crippen LogP contribution in [-0.2, 0) is 6.54 Å². The number of nitrogens with one attached hydrogen (secondary N) is 2. The average Bonchev–Trinajstić information content (AvgIpc) is 3.51. The Balaban J connectivity index is 1.52. The maximum absolute atomic E-state index is 5.45. The van der Waals surface area contributed by atoms with E-state index in [2.05, 4.69) is 15.6 Å². The van der Waals surface area contributed by atoms with Gasteiger partial charge in [0.25, 0.3) is 0 Å². The average molecular weight is 331 g/mol. The fraction of sp³-hybridized carbons (Fsp3) is 0.632. The second-order valence-corrected chi connectivity index (χ2v) is 6.82. The van der Waals surface area contributed by atoms with Gasteiger partial charge in [-0.3, -0.25) is 4.99 Å². The normalized spacial score (nSPS) is 17.8. The van der Waals surface area contributed by atoms with Crippen molar-refractivity contribution in [1.29, 1.82) is 0 Å². The van der Waals surface area contributed by atoms with E-state index >= 15 is 0 Å². The Hall–Kier alpha value is -1.91. The van der Waals surface area contributed by atoms with Gasteiger partial charge in [0.05, 0.1) is 14.2 Å². The topological polar surface area (TPSA) is 54.9 Å². The first-order valence-corrected chi connectivity index (χ1v) is 8.90. The number of benzene rings is 1. The number of nitrogens with zero attached hydrogens (tertiary/aromatic N) is 1. The lowest BCUT2D eigenvalue weighted by molar-refractivity contribution is 0.390. The molecule has 2 N–H and O–H groups in total. The predicted octanol–water partition coefficient (Wildman–Crippen LogP) is 2.81. The molecule has 0 heterocycles. The molecule has 0 amide bonds. The van der Waals surface area contributed by atoms with E-state index in [0.29, 0.717) is 6.54 Å². The van der Waals surface area contributed by atoms with Crippen molar-refractivity contribution < 1.29 is 9.47 Å². The number of hydrogen-bond acceptors (Lipinski definition) is 3. The van der Waals surface area contributed by atoms with E-state index in [-0.39, 0.29) is 0 Å². The number of ether oxygens (including phenoxy) is 2. The number of guanidine groups is 1. The lowest BCUT2D eigenvalue weighted by atomic mass is 9.98. The quantitative estimate of drug-likeness (QED) is 0.568. The van der Waals surface area contributed by atoms with E-state index < -0.39 is 0 Å². The fourth-order valence-electron chi connectivity index (χ4n) is 3.38. The maximum atomic E-state index is 5.45. The fourth-order valence-corrected chi connectivity index (χ4v) is 3.38. The Bertz CT molecular complexity index is 568. The first-order chi connectivity index (χ1) is 11.7. The molecular formula is C19H29N3O2. The Labute approximate surface area is 144 Å². The molecule has 0 unspecified atom stereocenters. The summed E-state index contributed by atoms with van der Waals surface area (Å²) in [5.41, 5.74) is 1.09. The molecule has 5 heteroatoms. The van der Waals surface area contributed by atoms with Crippen LogP contribution >= 0.6 is 0 Å². The molecule has 3 rings (SSSR count). The van der Waals surface area contributed by atoms with Crippen molar-refractivity contribution in [3.63, 3.8) is 0 Å².